The number of methoxy groups -OCH3 is 1. The predicted molar refractivity (Wildman–Crippen MR) is 100 cm³/mol. The minimum Gasteiger partial charge on any atom is -0.465 e. The van der Waals surface area contributed by atoms with Crippen molar-refractivity contribution in [2.75, 3.05) is 12.4 Å². The molecular weight excluding hydrogens is 360 g/mol. The van der Waals surface area contributed by atoms with E-state index in [1.807, 2.05) is 12.1 Å². The molecule has 0 saturated heterocycles. The number of hydrogen-bond acceptors (Lipinski definition) is 5. The predicted octanol–water partition coefficient (Wildman–Crippen LogP) is 4.39. The Labute approximate surface area is 152 Å². The Kier molecular flexibility index (Phi) is 5.11. The molecule has 0 saturated carbocycles. The molecule has 3 rings (SSSR count). The van der Waals surface area contributed by atoms with Gasteiger partial charge >= 0.3 is 5.97 Å². The van der Waals surface area contributed by atoms with Crippen LogP contribution in [0.25, 0.3) is 16.3 Å². The fourth-order valence-electron chi connectivity index (χ4n) is 2.12. The molecule has 25 heavy (non-hydrogen) atoms. The minimum absolute atomic E-state index is 0.290. The zero-order valence-corrected chi connectivity index (χ0v) is 14.7. The van der Waals surface area contributed by atoms with E-state index in [9.17, 15) is 9.59 Å². The molecule has 0 aliphatic rings. The maximum Gasteiger partial charge on any atom is 0.337 e. The molecule has 1 heterocycles. The number of aromatic nitrogens is 1. The molecule has 0 aliphatic heterocycles. The number of carbonyl (C=O) groups excluding carboxylic acids is 2. The quantitative estimate of drug-likeness (QED) is 0.544. The molecule has 0 unspecified atom stereocenters. The van der Waals surface area contributed by atoms with Gasteiger partial charge in [0, 0.05) is 11.1 Å². The molecule has 126 valence electrons. The van der Waals surface area contributed by atoms with Gasteiger partial charge < -0.3 is 4.74 Å². The van der Waals surface area contributed by atoms with E-state index < -0.39 is 5.97 Å². The second-order valence-electron chi connectivity index (χ2n) is 5.07. The van der Waals surface area contributed by atoms with Crippen LogP contribution < -0.4 is 5.32 Å². The van der Waals surface area contributed by atoms with Crippen LogP contribution in [-0.4, -0.2) is 24.0 Å². The number of hydrogen-bond donors (Lipinski definition) is 1. The van der Waals surface area contributed by atoms with Crippen molar-refractivity contribution in [2.24, 2.45) is 0 Å². The van der Waals surface area contributed by atoms with Crippen molar-refractivity contribution in [3.05, 3.63) is 64.7 Å². The van der Waals surface area contributed by atoms with E-state index >= 15 is 0 Å². The van der Waals surface area contributed by atoms with Gasteiger partial charge in [-0.1, -0.05) is 35.1 Å². The van der Waals surface area contributed by atoms with Gasteiger partial charge in [-0.05, 0) is 42.0 Å². The van der Waals surface area contributed by atoms with Crippen molar-refractivity contribution >= 4 is 56.2 Å². The van der Waals surface area contributed by atoms with Gasteiger partial charge in [0.15, 0.2) is 5.13 Å². The first kappa shape index (κ1) is 17.1. The number of esters is 1. The number of ether oxygens (including phenoxy) is 1. The maximum absolute atomic E-state index is 12.0. The summed E-state index contributed by atoms with van der Waals surface area (Å²) in [5, 5.41) is 3.86. The number of anilines is 1. The Balaban J connectivity index is 1.66. The topological polar surface area (TPSA) is 68.3 Å². The summed E-state index contributed by atoms with van der Waals surface area (Å²) in [5.41, 5.74) is 2.03. The summed E-state index contributed by atoms with van der Waals surface area (Å²) in [6, 6.07) is 12.1. The molecule has 0 aliphatic carbocycles. The number of nitrogens with one attached hydrogen (secondary N) is 1. The molecule has 1 amide bonds. The van der Waals surface area contributed by atoms with E-state index in [4.69, 9.17) is 11.6 Å². The fraction of sp³-hybridized carbons (Fsp3) is 0.0556. The molecule has 1 aromatic heterocycles. The zero-order chi connectivity index (χ0) is 17.8. The summed E-state index contributed by atoms with van der Waals surface area (Å²) in [6.07, 6.45) is 3.06. The Morgan fingerprint density at radius 3 is 2.68 bits per heavy atom. The van der Waals surface area contributed by atoms with Gasteiger partial charge in [-0.3, -0.25) is 10.1 Å². The average molecular weight is 373 g/mol. The number of halogens is 1. The molecule has 2 aromatic carbocycles. The fourth-order valence-corrected chi connectivity index (χ4v) is 3.26. The second-order valence-corrected chi connectivity index (χ2v) is 6.53. The Hall–Kier alpha value is -2.70. The summed E-state index contributed by atoms with van der Waals surface area (Å²) in [6.45, 7) is 0. The van der Waals surface area contributed by atoms with Crippen molar-refractivity contribution < 1.29 is 14.3 Å². The first-order valence-electron chi connectivity index (χ1n) is 7.29. The second kappa shape index (κ2) is 7.46. The van der Waals surface area contributed by atoms with Gasteiger partial charge in [-0.15, -0.1) is 0 Å². The molecule has 1 N–H and O–H groups in total. The summed E-state index contributed by atoms with van der Waals surface area (Å²) in [5.74, 6) is -0.689. The lowest BCUT2D eigenvalue weighted by atomic mass is 10.1. The number of fused-ring (bicyclic) bond motifs is 1. The van der Waals surface area contributed by atoms with Crippen molar-refractivity contribution in [1.82, 2.24) is 4.98 Å². The van der Waals surface area contributed by atoms with E-state index in [0.29, 0.717) is 15.7 Å². The Morgan fingerprint density at radius 2 is 1.96 bits per heavy atom. The summed E-state index contributed by atoms with van der Waals surface area (Å²) >= 11 is 7.30. The van der Waals surface area contributed by atoms with Crippen LogP contribution in [0.1, 0.15) is 15.9 Å². The number of thiazole rings is 1. The van der Waals surface area contributed by atoms with Gasteiger partial charge in [0.2, 0.25) is 5.91 Å². The molecule has 0 spiro atoms. The zero-order valence-electron chi connectivity index (χ0n) is 13.2. The van der Waals surface area contributed by atoms with Gasteiger partial charge in [0.1, 0.15) is 0 Å². The van der Waals surface area contributed by atoms with Crippen LogP contribution in [0.2, 0.25) is 5.02 Å². The number of rotatable bonds is 4. The molecule has 0 atom stereocenters. The van der Waals surface area contributed by atoms with E-state index in [2.05, 4.69) is 15.0 Å². The molecule has 7 heteroatoms. The van der Waals surface area contributed by atoms with Crippen LogP contribution in [0.5, 0.6) is 0 Å². The molecule has 5 nitrogen and oxygen atoms in total. The smallest absolute Gasteiger partial charge is 0.337 e. The molecule has 3 aromatic rings. The van der Waals surface area contributed by atoms with Crippen LogP contribution in [0.3, 0.4) is 0 Å². The van der Waals surface area contributed by atoms with Crippen molar-refractivity contribution in [3.8, 4) is 0 Å². The van der Waals surface area contributed by atoms with Crippen LogP contribution in [0.4, 0.5) is 5.13 Å². The average Bonchev–Trinajstić information content (AvgIpc) is 3.01. The van der Waals surface area contributed by atoms with Crippen LogP contribution in [-0.2, 0) is 9.53 Å². The highest BCUT2D eigenvalue weighted by atomic mass is 35.5. The Bertz CT molecular complexity index is 964. The third kappa shape index (κ3) is 4.23. The van der Waals surface area contributed by atoms with E-state index in [-0.39, 0.29) is 5.91 Å². The Morgan fingerprint density at radius 1 is 1.20 bits per heavy atom. The lowest BCUT2D eigenvalue weighted by Crippen LogP contribution is -2.07. The van der Waals surface area contributed by atoms with E-state index in [1.165, 1.54) is 24.5 Å². The van der Waals surface area contributed by atoms with Crippen molar-refractivity contribution in [3.63, 3.8) is 0 Å². The molecule has 0 fully saturated rings. The number of nitrogens with zero attached hydrogens (tertiary/aromatic N) is 1. The van der Waals surface area contributed by atoms with Crippen LogP contribution in [0, 0.1) is 0 Å². The number of benzene rings is 2. The first-order chi connectivity index (χ1) is 12.0. The summed E-state index contributed by atoms with van der Waals surface area (Å²) < 4.78 is 5.55. The monoisotopic (exact) mass is 372 g/mol. The van der Waals surface area contributed by atoms with Crippen molar-refractivity contribution in [2.45, 2.75) is 0 Å². The third-order valence-electron chi connectivity index (χ3n) is 3.34. The summed E-state index contributed by atoms with van der Waals surface area (Å²) in [4.78, 5) is 27.7. The van der Waals surface area contributed by atoms with Crippen molar-refractivity contribution in [1.29, 1.82) is 0 Å². The number of amides is 1. The standard InChI is InChI=1S/C18H13ClN2O3S/c1-24-17(23)12-5-2-11(3-6-12)4-9-16(22)21-18-20-14-8-7-13(19)10-15(14)25-18/h2-10H,1H3,(H,20,21,22)/b9-4+. The normalized spacial score (nSPS) is 11.0. The van der Waals surface area contributed by atoms with Gasteiger partial charge in [-0.2, -0.15) is 0 Å². The van der Waals surface area contributed by atoms with Crippen LogP contribution >= 0.6 is 22.9 Å². The number of carbonyl (C=O) groups is 2. The minimum atomic E-state index is -0.399. The van der Waals surface area contributed by atoms with E-state index in [0.717, 1.165) is 15.8 Å². The lowest BCUT2D eigenvalue weighted by Gasteiger charge is -1.99. The SMILES string of the molecule is COC(=O)c1ccc(/C=C/C(=O)Nc2nc3ccc(Cl)cc3s2)cc1. The summed E-state index contributed by atoms with van der Waals surface area (Å²) in [7, 11) is 1.33. The van der Waals surface area contributed by atoms with Gasteiger partial charge in [0.05, 0.1) is 22.9 Å². The lowest BCUT2D eigenvalue weighted by molar-refractivity contribution is -0.111. The third-order valence-corrected chi connectivity index (χ3v) is 4.51. The van der Waals surface area contributed by atoms with Gasteiger partial charge in [-0.25, -0.2) is 9.78 Å². The molecular formula is C18H13ClN2O3S. The largest absolute Gasteiger partial charge is 0.465 e. The van der Waals surface area contributed by atoms with Crippen LogP contribution in [0.15, 0.2) is 48.5 Å². The maximum atomic E-state index is 12.0. The highest BCUT2D eigenvalue weighted by Gasteiger charge is 2.07. The molecule has 0 bridgehead atoms. The first-order valence-corrected chi connectivity index (χ1v) is 8.48. The highest BCUT2D eigenvalue weighted by Crippen LogP contribution is 2.28. The van der Waals surface area contributed by atoms with Gasteiger partial charge in [0.25, 0.3) is 0 Å². The van der Waals surface area contributed by atoms with E-state index in [1.54, 1.807) is 36.4 Å². The molecule has 0 radical (unpaired) electrons. The highest BCUT2D eigenvalue weighted by molar-refractivity contribution is 7.22.